The highest BCUT2D eigenvalue weighted by molar-refractivity contribution is 9.10. The largest absolute Gasteiger partial charge is 0.379 e. The zero-order valence-electron chi connectivity index (χ0n) is 9.79. The monoisotopic (exact) mass is 301 g/mol. The van der Waals surface area contributed by atoms with Crippen LogP contribution in [0.25, 0.3) is 0 Å². The van der Waals surface area contributed by atoms with Crippen molar-refractivity contribution in [3.63, 3.8) is 0 Å². The summed E-state index contributed by atoms with van der Waals surface area (Å²) in [6.07, 6.45) is 2.11. The lowest BCUT2D eigenvalue weighted by molar-refractivity contribution is 0.0374. The summed E-state index contributed by atoms with van der Waals surface area (Å²) in [7, 11) is 0. The van der Waals surface area contributed by atoms with Crippen molar-refractivity contribution >= 4 is 15.9 Å². The number of halogens is 2. The molecule has 0 radical (unpaired) electrons. The minimum atomic E-state index is -0.193. The summed E-state index contributed by atoms with van der Waals surface area (Å²) in [6, 6.07) is 5.25. The summed E-state index contributed by atoms with van der Waals surface area (Å²) in [5.74, 6) is -0.193. The molecule has 2 nitrogen and oxygen atoms in total. The molecule has 0 unspecified atom stereocenters. The molecule has 0 aliphatic carbocycles. The van der Waals surface area contributed by atoms with Crippen LogP contribution in [-0.2, 0) is 11.2 Å². The second-order valence-electron chi connectivity index (χ2n) is 4.31. The van der Waals surface area contributed by atoms with Gasteiger partial charge in [0.25, 0.3) is 0 Å². The molecule has 94 valence electrons. The first-order valence-corrected chi connectivity index (χ1v) is 6.79. The van der Waals surface area contributed by atoms with Gasteiger partial charge in [0.05, 0.1) is 17.7 Å². The minimum absolute atomic E-state index is 0.193. The van der Waals surface area contributed by atoms with Gasteiger partial charge in [-0.2, -0.15) is 0 Å². The average molecular weight is 302 g/mol. The number of morpholine rings is 1. The van der Waals surface area contributed by atoms with Gasteiger partial charge in [0.15, 0.2) is 0 Å². The first kappa shape index (κ1) is 13.0. The molecule has 4 heteroatoms. The zero-order chi connectivity index (χ0) is 12.1. The first-order chi connectivity index (χ1) is 8.25. The van der Waals surface area contributed by atoms with Crippen LogP contribution in [0.15, 0.2) is 22.7 Å². The van der Waals surface area contributed by atoms with Crippen LogP contribution in [0.3, 0.4) is 0 Å². The van der Waals surface area contributed by atoms with Crippen LogP contribution in [0.2, 0.25) is 0 Å². The number of rotatable bonds is 4. The lowest BCUT2D eigenvalue weighted by Gasteiger charge is -2.26. The molecule has 1 fully saturated rings. The Bertz CT molecular complexity index is 366. The van der Waals surface area contributed by atoms with Crippen molar-refractivity contribution in [3.05, 3.63) is 34.1 Å². The van der Waals surface area contributed by atoms with E-state index in [-0.39, 0.29) is 5.82 Å². The van der Waals surface area contributed by atoms with Crippen molar-refractivity contribution in [3.8, 4) is 0 Å². The zero-order valence-corrected chi connectivity index (χ0v) is 11.4. The molecular weight excluding hydrogens is 285 g/mol. The van der Waals surface area contributed by atoms with E-state index in [2.05, 4.69) is 20.8 Å². The molecule has 0 bridgehead atoms. The second kappa shape index (κ2) is 6.47. The number of benzene rings is 1. The maximum atomic E-state index is 13.0. The molecule has 0 saturated carbocycles. The maximum Gasteiger partial charge on any atom is 0.137 e. The number of aryl methyl sites for hydroxylation is 1. The van der Waals surface area contributed by atoms with Gasteiger partial charge in [-0.1, -0.05) is 6.07 Å². The highest BCUT2D eigenvalue weighted by Crippen LogP contribution is 2.17. The molecule has 0 amide bonds. The molecule has 0 atom stereocenters. The highest BCUT2D eigenvalue weighted by atomic mass is 79.9. The van der Waals surface area contributed by atoms with Crippen LogP contribution in [0.1, 0.15) is 12.0 Å². The Morgan fingerprint density at radius 2 is 2.06 bits per heavy atom. The molecule has 17 heavy (non-hydrogen) atoms. The molecule has 1 heterocycles. The summed E-state index contributed by atoms with van der Waals surface area (Å²) < 4.78 is 18.9. The molecule has 1 saturated heterocycles. The van der Waals surface area contributed by atoms with Crippen LogP contribution in [-0.4, -0.2) is 37.7 Å². The van der Waals surface area contributed by atoms with Gasteiger partial charge in [-0.3, -0.25) is 4.90 Å². The fourth-order valence-corrected chi connectivity index (χ4v) is 2.45. The molecule has 1 aliphatic rings. The topological polar surface area (TPSA) is 12.5 Å². The Labute approximate surface area is 110 Å². The smallest absolute Gasteiger partial charge is 0.137 e. The van der Waals surface area contributed by atoms with E-state index in [1.165, 1.54) is 11.6 Å². The van der Waals surface area contributed by atoms with Gasteiger partial charge in [0.2, 0.25) is 0 Å². The molecule has 1 aliphatic heterocycles. The fraction of sp³-hybridized carbons (Fsp3) is 0.538. The van der Waals surface area contributed by atoms with E-state index in [0.29, 0.717) is 4.47 Å². The molecule has 0 spiro atoms. The number of hydrogen-bond donors (Lipinski definition) is 0. The van der Waals surface area contributed by atoms with Gasteiger partial charge >= 0.3 is 0 Å². The van der Waals surface area contributed by atoms with E-state index in [9.17, 15) is 4.39 Å². The maximum absolute atomic E-state index is 13.0. The van der Waals surface area contributed by atoms with Crippen molar-refractivity contribution in [1.29, 1.82) is 0 Å². The van der Waals surface area contributed by atoms with Crippen molar-refractivity contribution < 1.29 is 9.13 Å². The van der Waals surface area contributed by atoms with Crippen molar-refractivity contribution in [1.82, 2.24) is 4.90 Å². The quantitative estimate of drug-likeness (QED) is 0.848. The first-order valence-electron chi connectivity index (χ1n) is 6.00. The SMILES string of the molecule is Fc1ccc(CCCN2CCOCC2)cc1Br. The van der Waals surface area contributed by atoms with Gasteiger partial charge in [-0.05, 0) is 53.0 Å². The minimum Gasteiger partial charge on any atom is -0.379 e. The number of ether oxygens (including phenoxy) is 1. The van der Waals surface area contributed by atoms with Crippen LogP contribution in [0.4, 0.5) is 4.39 Å². The van der Waals surface area contributed by atoms with E-state index in [1.54, 1.807) is 0 Å². The average Bonchev–Trinajstić information content (AvgIpc) is 2.35. The third kappa shape index (κ3) is 4.05. The Hall–Kier alpha value is -0.450. The number of hydrogen-bond acceptors (Lipinski definition) is 2. The molecule has 1 aromatic rings. The standard InChI is InChI=1S/C13H17BrFNO/c14-12-10-11(3-4-13(12)15)2-1-5-16-6-8-17-9-7-16/h3-4,10H,1-2,5-9H2. The van der Waals surface area contributed by atoms with Crippen LogP contribution in [0, 0.1) is 5.82 Å². The van der Waals surface area contributed by atoms with Crippen molar-refractivity contribution in [2.75, 3.05) is 32.8 Å². The van der Waals surface area contributed by atoms with E-state index >= 15 is 0 Å². The molecule has 2 rings (SSSR count). The van der Waals surface area contributed by atoms with Crippen LogP contribution < -0.4 is 0 Å². The summed E-state index contributed by atoms with van der Waals surface area (Å²) in [5.41, 5.74) is 1.19. The summed E-state index contributed by atoms with van der Waals surface area (Å²) in [6.45, 7) is 4.86. The summed E-state index contributed by atoms with van der Waals surface area (Å²) in [5, 5.41) is 0. The van der Waals surface area contributed by atoms with Gasteiger partial charge in [0, 0.05) is 13.1 Å². The Morgan fingerprint density at radius 1 is 1.29 bits per heavy atom. The van der Waals surface area contributed by atoms with Crippen LogP contribution >= 0.6 is 15.9 Å². The van der Waals surface area contributed by atoms with Gasteiger partial charge in [-0.25, -0.2) is 4.39 Å². The third-order valence-electron chi connectivity index (χ3n) is 3.03. The molecule has 1 aromatic carbocycles. The van der Waals surface area contributed by atoms with E-state index in [1.807, 2.05) is 12.1 Å². The lowest BCUT2D eigenvalue weighted by atomic mass is 10.1. The summed E-state index contributed by atoms with van der Waals surface area (Å²) >= 11 is 3.21. The molecular formula is C13H17BrFNO. The van der Waals surface area contributed by atoms with Gasteiger partial charge in [-0.15, -0.1) is 0 Å². The predicted octanol–water partition coefficient (Wildman–Crippen LogP) is 2.85. The third-order valence-corrected chi connectivity index (χ3v) is 3.64. The van der Waals surface area contributed by atoms with Crippen LogP contribution in [0.5, 0.6) is 0 Å². The van der Waals surface area contributed by atoms with Gasteiger partial charge in [0.1, 0.15) is 5.82 Å². The van der Waals surface area contributed by atoms with Crippen molar-refractivity contribution in [2.45, 2.75) is 12.8 Å². The molecule has 0 N–H and O–H groups in total. The normalized spacial score (nSPS) is 17.3. The summed E-state index contributed by atoms with van der Waals surface area (Å²) in [4.78, 5) is 2.42. The highest BCUT2D eigenvalue weighted by Gasteiger charge is 2.09. The van der Waals surface area contributed by atoms with Gasteiger partial charge < -0.3 is 4.74 Å². The van der Waals surface area contributed by atoms with Crippen molar-refractivity contribution in [2.24, 2.45) is 0 Å². The van der Waals surface area contributed by atoms with E-state index in [0.717, 1.165) is 45.7 Å². The lowest BCUT2D eigenvalue weighted by Crippen LogP contribution is -2.36. The van der Waals surface area contributed by atoms with E-state index in [4.69, 9.17) is 4.74 Å². The molecule has 0 aromatic heterocycles. The Balaban J connectivity index is 1.75. The second-order valence-corrected chi connectivity index (χ2v) is 5.16. The predicted molar refractivity (Wildman–Crippen MR) is 69.7 cm³/mol. The Morgan fingerprint density at radius 3 is 2.76 bits per heavy atom. The Kier molecular flexibility index (Phi) is 4.95. The number of nitrogens with zero attached hydrogens (tertiary/aromatic N) is 1. The van der Waals surface area contributed by atoms with E-state index < -0.39 is 0 Å². The fourth-order valence-electron chi connectivity index (χ4n) is 2.03.